The first-order valence-corrected chi connectivity index (χ1v) is 11.9. The largest absolute Gasteiger partial charge is 0.481 e. The summed E-state index contributed by atoms with van der Waals surface area (Å²) >= 11 is 0. The van der Waals surface area contributed by atoms with E-state index in [0.717, 1.165) is 59.8 Å². The topological polar surface area (TPSA) is 102 Å². The molecule has 0 aliphatic carbocycles. The molecule has 1 aromatic carbocycles. The van der Waals surface area contributed by atoms with Crippen molar-refractivity contribution in [3.63, 3.8) is 0 Å². The molecule has 182 valence electrons. The zero-order valence-corrected chi connectivity index (χ0v) is 20.1. The van der Waals surface area contributed by atoms with Crippen LogP contribution in [0.15, 0.2) is 42.9 Å². The lowest BCUT2D eigenvalue weighted by molar-refractivity contribution is 0.0696. The van der Waals surface area contributed by atoms with Crippen molar-refractivity contribution in [2.45, 2.75) is 38.8 Å². The van der Waals surface area contributed by atoms with Crippen LogP contribution in [0.2, 0.25) is 0 Å². The number of hydrogen-bond donors (Lipinski definition) is 2. The fraction of sp³-hybridized carbons (Fsp3) is 0.385. The standard InChI is InChI=1S/C26H30N6O3/c1-17-12-21(14-27-26(17)34-2)32-9-6-23-22(15-32)24(29-16-28-23)30-20-5-3-4-18(13-20)25(33)31-19-7-10-35-11-8-19/h3-5,12-14,16,19H,6-11,15H2,1-2H3,(H,31,33)(H,28,29,30). The van der Waals surface area contributed by atoms with E-state index in [0.29, 0.717) is 31.2 Å². The Hall–Kier alpha value is -3.72. The molecular formula is C26H30N6O3. The fourth-order valence-electron chi connectivity index (χ4n) is 4.59. The first-order chi connectivity index (χ1) is 17.1. The number of fused-ring (bicyclic) bond motifs is 1. The number of hydrogen-bond acceptors (Lipinski definition) is 8. The number of amides is 1. The molecule has 0 bridgehead atoms. The highest BCUT2D eigenvalue weighted by Crippen LogP contribution is 2.30. The number of aryl methyl sites for hydroxylation is 1. The zero-order valence-electron chi connectivity index (χ0n) is 20.1. The van der Waals surface area contributed by atoms with Crippen molar-refractivity contribution >= 4 is 23.1 Å². The average molecular weight is 475 g/mol. The van der Waals surface area contributed by atoms with E-state index in [1.807, 2.05) is 37.4 Å². The number of aromatic nitrogens is 3. The number of methoxy groups -OCH3 is 1. The Balaban J connectivity index is 1.33. The van der Waals surface area contributed by atoms with Crippen LogP contribution in [-0.4, -0.2) is 53.8 Å². The molecule has 1 amide bonds. The molecule has 3 aromatic rings. The maximum absolute atomic E-state index is 12.8. The predicted molar refractivity (Wildman–Crippen MR) is 133 cm³/mol. The van der Waals surface area contributed by atoms with E-state index < -0.39 is 0 Å². The molecular weight excluding hydrogens is 444 g/mol. The second-order valence-electron chi connectivity index (χ2n) is 8.90. The van der Waals surface area contributed by atoms with Crippen LogP contribution in [0.4, 0.5) is 17.2 Å². The first kappa shape index (κ1) is 23.0. The Bertz CT molecular complexity index is 1210. The number of carbonyl (C=O) groups excluding carboxylic acids is 1. The Labute approximate surface area is 204 Å². The summed E-state index contributed by atoms with van der Waals surface area (Å²) in [6, 6.07) is 9.76. The van der Waals surface area contributed by atoms with E-state index >= 15 is 0 Å². The molecule has 4 heterocycles. The average Bonchev–Trinajstić information content (AvgIpc) is 2.89. The van der Waals surface area contributed by atoms with Gasteiger partial charge in [0.05, 0.1) is 24.7 Å². The van der Waals surface area contributed by atoms with Crippen LogP contribution in [0.1, 0.15) is 40.0 Å². The number of ether oxygens (including phenoxy) is 2. The third-order valence-electron chi connectivity index (χ3n) is 6.52. The maximum atomic E-state index is 12.8. The van der Waals surface area contributed by atoms with Gasteiger partial charge in [0.1, 0.15) is 12.1 Å². The summed E-state index contributed by atoms with van der Waals surface area (Å²) in [4.78, 5) is 28.5. The molecule has 5 rings (SSSR count). The van der Waals surface area contributed by atoms with Crippen molar-refractivity contribution in [1.82, 2.24) is 20.3 Å². The number of carbonyl (C=O) groups is 1. The monoisotopic (exact) mass is 474 g/mol. The predicted octanol–water partition coefficient (Wildman–Crippen LogP) is 3.40. The minimum atomic E-state index is -0.0705. The molecule has 2 N–H and O–H groups in total. The SMILES string of the molecule is COc1ncc(N2CCc3ncnc(Nc4cccc(C(=O)NC5CCOCC5)c4)c3C2)cc1C. The molecule has 9 nitrogen and oxygen atoms in total. The smallest absolute Gasteiger partial charge is 0.251 e. The van der Waals surface area contributed by atoms with Crippen molar-refractivity contribution in [1.29, 1.82) is 0 Å². The molecule has 0 saturated carbocycles. The molecule has 0 spiro atoms. The lowest BCUT2D eigenvalue weighted by Gasteiger charge is -2.31. The molecule has 2 aliphatic rings. The van der Waals surface area contributed by atoms with Crippen LogP contribution < -0.4 is 20.3 Å². The number of pyridine rings is 1. The van der Waals surface area contributed by atoms with E-state index in [-0.39, 0.29) is 11.9 Å². The van der Waals surface area contributed by atoms with Gasteiger partial charge in [0, 0.05) is 61.1 Å². The number of benzene rings is 1. The van der Waals surface area contributed by atoms with E-state index in [2.05, 4.69) is 36.6 Å². The number of nitrogens with zero attached hydrogens (tertiary/aromatic N) is 4. The minimum Gasteiger partial charge on any atom is -0.481 e. The molecule has 0 radical (unpaired) electrons. The molecule has 35 heavy (non-hydrogen) atoms. The van der Waals surface area contributed by atoms with Crippen molar-refractivity contribution in [2.24, 2.45) is 0 Å². The summed E-state index contributed by atoms with van der Waals surface area (Å²) in [6.45, 7) is 4.88. The van der Waals surface area contributed by atoms with Gasteiger partial charge in [-0.15, -0.1) is 0 Å². The highest BCUT2D eigenvalue weighted by atomic mass is 16.5. The lowest BCUT2D eigenvalue weighted by Crippen LogP contribution is -2.38. The maximum Gasteiger partial charge on any atom is 0.251 e. The van der Waals surface area contributed by atoms with Gasteiger partial charge in [-0.1, -0.05) is 6.07 Å². The van der Waals surface area contributed by atoms with Crippen LogP contribution in [0.3, 0.4) is 0 Å². The van der Waals surface area contributed by atoms with Gasteiger partial charge in [0.25, 0.3) is 5.91 Å². The van der Waals surface area contributed by atoms with Crippen LogP contribution >= 0.6 is 0 Å². The lowest BCUT2D eigenvalue weighted by atomic mass is 10.0. The van der Waals surface area contributed by atoms with Crippen LogP contribution in [0.25, 0.3) is 0 Å². The second kappa shape index (κ2) is 10.3. The number of anilines is 3. The third kappa shape index (κ3) is 5.19. The van der Waals surface area contributed by atoms with Gasteiger partial charge in [-0.3, -0.25) is 4.79 Å². The number of nitrogens with one attached hydrogen (secondary N) is 2. The van der Waals surface area contributed by atoms with Gasteiger partial charge >= 0.3 is 0 Å². The molecule has 1 saturated heterocycles. The second-order valence-corrected chi connectivity index (χ2v) is 8.90. The zero-order chi connectivity index (χ0) is 24.2. The third-order valence-corrected chi connectivity index (χ3v) is 6.52. The van der Waals surface area contributed by atoms with Crippen LogP contribution in [0.5, 0.6) is 5.88 Å². The van der Waals surface area contributed by atoms with Crippen LogP contribution in [-0.2, 0) is 17.7 Å². The Kier molecular flexibility index (Phi) is 6.76. The van der Waals surface area contributed by atoms with E-state index in [9.17, 15) is 4.79 Å². The summed E-state index contributed by atoms with van der Waals surface area (Å²) in [5, 5.41) is 6.54. The highest BCUT2D eigenvalue weighted by molar-refractivity contribution is 5.95. The van der Waals surface area contributed by atoms with Gasteiger partial charge < -0.3 is 25.0 Å². The van der Waals surface area contributed by atoms with Gasteiger partial charge in [-0.05, 0) is 44.0 Å². The Morgan fingerprint density at radius 2 is 2.03 bits per heavy atom. The van der Waals surface area contributed by atoms with E-state index in [4.69, 9.17) is 9.47 Å². The van der Waals surface area contributed by atoms with Crippen molar-refractivity contribution in [2.75, 3.05) is 37.1 Å². The quantitative estimate of drug-likeness (QED) is 0.561. The molecule has 0 unspecified atom stereocenters. The summed E-state index contributed by atoms with van der Waals surface area (Å²) in [5.74, 6) is 1.32. The molecule has 0 atom stereocenters. The van der Waals surface area contributed by atoms with E-state index in [1.54, 1.807) is 13.4 Å². The van der Waals surface area contributed by atoms with Crippen molar-refractivity contribution in [3.05, 3.63) is 65.2 Å². The molecule has 9 heteroatoms. The molecule has 2 aliphatic heterocycles. The highest BCUT2D eigenvalue weighted by Gasteiger charge is 2.23. The van der Waals surface area contributed by atoms with Gasteiger partial charge in [-0.2, -0.15) is 0 Å². The summed E-state index contributed by atoms with van der Waals surface area (Å²) in [5.41, 5.74) is 5.54. The minimum absolute atomic E-state index is 0.0705. The van der Waals surface area contributed by atoms with Gasteiger partial charge in [0.2, 0.25) is 5.88 Å². The molecule has 1 fully saturated rings. The Morgan fingerprint density at radius 1 is 1.17 bits per heavy atom. The van der Waals surface area contributed by atoms with E-state index in [1.165, 1.54) is 0 Å². The normalized spacial score (nSPS) is 15.9. The van der Waals surface area contributed by atoms with Crippen molar-refractivity contribution in [3.8, 4) is 5.88 Å². The first-order valence-electron chi connectivity index (χ1n) is 11.9. The summed E-state index contributed by atoms with van der Waals surface area (Å²) in [6.07, 6.45) is 5.93. The van der Waals surface area contributed by atoms with Crippen molar-refractivity contribution < 1.29 is 14.3 Å². The van der Waals surface area contributed by atoms with Gasteiger partial charge in [0.15, 0.2) is 0 Å². The number of rotatable bonds is 6. The fourth-order valence-corrected chi connectivity index (χ4v) is 4.59. The summed E-state index contributed by atoms with van der Waals surface area (Å²) in [7, 11) is 1.63. The molecule has 2 aromatic heterocycles. The summed E-state index contributed by atoms with van der Waals surface area (Å²) < 4.78 is 10.7. The van der Waals surface area contributed by atoms with Gasteiger partial charge in [-0.25, -0.2) is 15.0 Å². The Morgan fingerprint density at radius 3 is 2.83 bits per heavy atom. The van der Waals surface area contributed by atoms with Crippen LogP contribution in [0, 0.1) is 6.92 Å².